The van der Waals surface area contributed by atoms with Gasteiger partial charge in [0.25, 0.3) is 0 Å². The third-order valence-electron chi connectivity index (χ3n) is 5.07. The van der Waals surface area contributed by atoms with E-state index in [1.54, 1.807) is 42.2 Å². The molecule has 0 radical (unpaired) electrons. The Morgan fingerprint density at radius 1 is 1.14 bits per heavy atom. The largest absolute Gasteiger partial charge is 0.493 e. The smallest absolute Gasteiger partial charge is 0.249 e. The lowest BCUT2D eigenvalue weighted by molar-refractivity contribution is -0.134. The lowest BCUT2D eigenvalue weighted by Crippen LogP contribution is -2.44. The summed E-state index contributed by atoms with van der Waals surface area (Å²) < 4.78 is 10.5. The van der Waals surface area contributed by atoms with E-state index >= 15 is 0 Å². The van der Waals surface area contributed by atoms with Crippen LogP contribution in [0.1, 0.15) is 18.9 Å². The molecule has 6 heteroatoms. The van der Waals surface area contributed by atoms with E-state index in [4.69, 9.17) is 9.47 Å². The van der Waals surface area contributed by atoms with Gasteiger partial charge in [0.05, 0.1) is 14.2 Å². The molecule has 0 spiro atoms. The first-order valence-corrected chi connectivity index (χ1v) is 9.66. The number of methoxy groups -OCH3 is 2. The van der Waals surface area contributed by atoms with Crippen LogP contribution in [-0.2, 0) is 9.59 Å². The number of anilines is 1. The van der Waals surface area contributed by atoms with Crippen molar-refractivity contribution in [3.05, 3.63) is 60.2 Å². The number of rotatable bonds is 7. The average molecular weight is 394 g/mol. The molecule has 2 aromatic carbocycles. The van der Waals surface area contributed by atoms with Crippen LogP contribution in [-0.4, -0.2) is 50.1 Å². The van der Waals surface area contributed by atoms with Crippen LogP contribution >= 0.6 is 0 Å². The third-order valence-corrected chi connectivity index (χ3v) is 5.07. The van der Waals surface area contributed by atoms with Gasteiger partial charge in [-0.15, -0.1) is 0 Å². The maximum absolute atomic E-state index is 12.9. The molecule has 1 unspecified atom stereocenters. The number of carbonyl (C=O) groups is 2. The second kappa shape index (κ2) is 9.28. The van der Waals surface area contributed by atoms with Gasteiger partial charge in [-0.2, -0.15) is 0 Å². The number of carbonyl (C=O) groups excluding carboxylic acids is 2. The first kappa shape index (κ1) is 20.5. The first-order chi connectivity index (χ1) is 14.1. The second-order valence-corrected chi connectivity index (χ2v) is 6.70. The van der Waals surface area contributed by atoms with Crippen LogP contribution in [0.5, 0.6) is 11.5 Å². The van der Waals surface area contributed by atoms with Crippen molar-refractivity contribution in [3.63, 3.8) is 0 Å². The summed E-state index contributed by atoms with van der Waals surface area (Å²) in [4.78, 5) is 29.1. The van der Waals surface area contributed by atoms with Gasteiger partial charge >= 0.3 is 0 Å². The maximum atomic E-state index is 12.9. The minimum atomic E-state index is -0.442. The minimum Gasteiger partial charge on any atom is -0.493 e. The maximum Gasteiger partial charge on any atom is 0.249 e. The number of benzene rings is 2. The number of ether oxygens (including phenoxy) is 2. The SMILES string of the molecule is CCN(C(=O)C=Cc1ccc(OC)c(OC)c1)C1CCN(c2ccccc2)C1=O. The van der Waals surface area contributed by atoms with Crippen LogP contribution in [0.25, 0.3) is 6.08 Å². The standard InChI is InChI=1S/C23H26N2O4/c1-4-24(19-14-15-25(23(19)27)18-8-6-5-7-9-18)22(26)13-11-17-10-12-20(28-2)21(16-17)29-3/h5-13,16,19H,4,14-15H2,1-3H3. The molecule has 0 aliphatic carbocycles. The van der Waals surface area contributed by atoms with Gasteiger partial charge in [0, 0.05) is 24.9 Å². The Balaban J connectivity index is 1.72. The lowest BCUT2D eigenvalue weighted by atomic mass is 10.1. The van der Waals surface area contributed by atoms with E-state index in [0.29, 0.717) is 31.0 Å². The zero-order valence-corrected chi connectivity index (χ0v) is 17.0. The summed E-state index contributed by atoms with van der Waals surface area (Å²) in [5.74, 6) is 1.00. The summed E-state index contributed by atoms with van der Waals surface area (Å²) in [5, 5.41) is 0. The third kappa shape index (κ3) is 4.42. The summed E-state index contributed by atoms with van der Waals surface area (Å²) >= 11 is 0. The van der Waals surface area contributed by atoms with Gasteiger partial charge in [-0.1, -0.05) is 24.3 Å². The number of likely N-dealkylation sites (N-methyl/N-ethyl adjacent to an activating group) is 1. The normalized spacial score (nSPS) is 16.3. The highest BCUT2D eigenvalue weighted by molar-refractivity contribution is 6.03. The number of para-hydroxylation sites is 1. The minimum absolute atomic E-state index is 0.0362. The van der Waals surface area contributed by atoms with Crippen LogP contribution < -0.4 is 14.4 Å². The Kier molecular flexibility index (Phi) is 6.54. The van der Waals surface area contributed by atoms with Gasteiger partial charge in [0.1, 0.15) is 6.04 Å². The molecule has 29 heavy (non-hydrogen) atoms. The fourth-order valence-electron chi connectivity index (χ4n) is 3.57. The Hall–Kier alpha value is -3.28. The summed E-state index contributed by atoms with van der Waals surface area (Å²) in [5.41, 5.74) is 1.68. The van der Waals surface area contributed by atoms with E-state index in [-0.39, 0.29) is 11.8 Å². The van der Waals surface area contributed by atoms with Gasteiger partial charge in [0.15, 0.2) is 11.5 Å². The quantitative estimate of drug-likeness (QED) is 0.676. The van der Waals surface area contributed by atoms with E-state index in [1.165, 1.54) is 6.08 Å². The predicted octanol–water partition coefficient (Wildman–Crippen LogP) is 3.37. The second-order valence-electron chi connectivity index (χ2n) is 6.70. The monoisotopic (exact) mass is 394 g/mol. The van der Waals surface area contributed by atoms with E-state index < -0.39 is 6.04 Å². The molecule has 2 amide bonds. The van der Waals surface area contributed by atoms with Gasteiger partial charge in [-0.05, 0) is 49.2 Å². The van der Waals surface area contributed by atoms with Gasteiger partial charge in [0.2, 0.25) is 11.8 Å². The fraction of sp³-hybridized carbons (Fsp3) is 0.304. The van der Waals surface area contributed by atoms with Crippen LogP contribution in [0.4, 0.5) is 5.69 Å². The van der Waals surface area contributed by atoms with E-state index in [0.717, 1.165) is 11.3 Å². The van der Waals surface area contributed by atoms with Crippen molar-refractivity contribution >= 4 is 23.6 Å². The molecular weight excluding hydrogens is 368 g/mol. The molecule has 1 aliphatic rings. The Labute approximate surface area is 171 Å². The highest BCUT2D eigenvalue weighted by Crippen LogP contribution is 2.28. The van der Waals surface area contributed by atoms with Gasteiger partial charge in [-0.3, -0.25) is 9.59 Å². The molecule has 2 aromatic rings. The molecule has 0 saturated carbocycles. The molecule has 3 rings (SSSR count). The highest BCUT2D eigenvalue weighted by Gasteiger charge is 2.37. The van der Waals surface area contributed by atoms with E-state index in [9.17, 15) is 9.59 Å². The summed E-state index contributed by atoms with van der Waals surface area (Å²) in [6.45, 7) is 2.96. The lowest BCUT2D eigenvalue weighted by Gasteiger charge is -2.26. The molecule has 1 atom stereocenters. The zero-order valence-electron chi connectivity index (χ0n) is 17.0. The first-order valence-electron chi connectivity index (χ1n) is 9.66. The van der Waals surface area contributed by atoms with E-state index in [1.807, 2.05) is 43.3 Å². The van der Waals surface area contributed by atoms with Crippen molar-refractivity contribution in [1.82, 2.24) is 4.90 Å². The Morgan fingerprint density at radius 3 is 2.52 bits per heavy atom. The highest BCUT2D eigenvalue weighted by atomic mass is 16.5. The average Bonchev–Trinajstić information content (AvgIpc) is 3.14. The van der Waals surface area contributed by atoms with Crippen molar-refractivity contribution in [2.75, 3.05) is 32.2 Å². The number of nitrogens with zero attached hydrogens (tertiary/aromatic N) is 2. The Morgan fingerprint density at radius 2 is 1.86 bits per heavy atom. The Bertz CT molecular complexity index is 895. The van der Waals surface area contributed by atoms with Crippen LogP contribution in [0, 0.1) is 0 Å². The number of amides is 2. The number of hydrogen-bond donors (Lipinski definition) is 0. The van der Waals surface area contributed by atoms with E-state index in [2.05, 4.69) is 0 Å². The van der Waals surface area contributed by atoms with Crippen LogP contribution in [0.2, 0.25) is 0 Å². The van der Waals surface area contributed by atoms with Gasteiger partial charge in [-0.25, -0.2) is 0 Å². The molecule has 152 valence electrons. The molecule has 0 N–H and O–H groups in total. The molecule has 0 aromatic heterocycles. The summed E-state index contributed by atoms with van der Waals surface area (Å²) in [6, 6.07) is 14.6. The fourth-order valence-corrected chi connectivity index (χ4v) is 3.57. The van der Waals surface area contributed by atoms with Crippen molar-refractivity contribution < 1.29 is 19.1 Å². The van der Waals surface area contributed by atoms with Gasteiger partial charge < -0.3 is 19.3 Å². The van der Waals surface area contributed by atoms with Crippen molar-refractivity contribution in [1.29, 1.82) is 0 Å². The molecule has 1 fully saturated rings. The van der Waals surface area contributed by atoms with Crippen molar-refractivity contribution in [2.24, 2.45) is 0 Å². The molecule has 1 aliphatic heterocycles. The van der Waals surface area contributed by atoms with Crippen molar-refractivity contribution in [2.45, 2.75) is 19.4 Å². The zero-order chi connectivity index (χ0) is 20.8. The molecular formula is C23H26N2O4. The molecule has 1 saturated heterocycles. The number of hydrogen-bond acceptors (Lipinski definition) is 4. The predicted molar refractivity (Wildman–Crippen MR) is 113 cm³/mol. The molecule has 1 heterocycles. The van der Waals surface area contributed by atoms with Crippen LogP contribution in [0.15, 0.2) is 54.6 Å². The van der Waals surface area contributed by atoms with Crippen molar-refractivity contribution in [3.8, 4) is 11.5 Å². The summed E-state index contributed by atoms with van der Waals surface area (Å²) in [6.07, 6.45) is 3.85. The molecule has 0 bridgehead atoms. The van der Waals surface area contributed by atoms with Crippen LogP contribution in [0.3, 0.4) is 0 Å². The molecule has 6 nitrogen and oxygen atoms in total. The summed E-state index contributed by atoms with van der Waals surface area (Å²) in [7, 11) is 3.15. The topological polar surface area (TPSA) is 59.1 Å².